The van der Waals surface area contributed by atoms with Gasteiger partial charge in [0.25, 0.3) is 5.91 Å². The summed E-state index contributed by atoms with van der Waals surface area (Å²) < 4.78 is 10.7. The zero-order chi connectivity index (χ0) is 17.3. The summed E-state index contributed by atoms with van der Waals surface area (Å²) in [5.41, 5.74) is 0.0490. The predicted molar refractivity (Wildman–Crippen MR) is 88.1 cm³/mol. The molecule has 1 aliphatic heterocycles. The summed E-state index contributed by atoms with van der Waals surface area (Å²) in [6, 6.07) is 6.14. The van der Waals surface area contributed by atoms with E-state index in [1.54, 1.807) is 36.6 Å². The molecule has 0 aromatic carbocycles. The second-order valence-corrected chi connectivity index (χ2v) is 6.36. The molecule has 0 radical (unpaired) electrons. The smallest absolute Gasteiger partial charge is 0.290 e. The van der Waals surface area contributed by atoms with Gasteiger partial charge in [-0.15, -0.1) is 11.3 Å². The maximum Gasteiger partial charge on any atom is 0.290 e. The molecule has 2 aromatic heterocycles. The van der Waals surface area contributed by atoms with Crippen LogP contribution in [0.25, 0.3) is 0 Å². The molecular weight excluding hydrogens is 330 g/mol. The molecular formula is C17H17NO5S. The first-order valence-electron chi connectivity index (χ1n) is 7.42. The van der Waals surface area contributed by atoms with Crippen molar-refractivity contribution in [3.8, 4) is 0 Å². The molecule has 0 fully saturated rings. The third-order valence-corrected chi connectivity index (χ3v) is 4.73. The van der Waals surface area contributed by atoms with Gasteiger partial charge in [-0.05, 0) is 30.5 Å². The lowest BCUT2D eigenvalue weighted by Crippen LogP contribution is -2.33. The van der Waals surface area contributed by atoms with E-state index in [-0.39, 0.29) is 24.5 Å². The molecule has 2 aromatic rings. The summed E-state index contributed by atoms with van der Waals surface area (Å²) in [5.74, 6) is -0.372. The first-order valence-corrected chi connectivity index (χ1v) is 8.30. The fourth-order valence-electron chi connectivity index (χ4n) is 2.74. The number of aryl methyl sites for hydroxylation is 1. The Balaban J connectivity index is 2.05. The Morgan fingerprint density at radius 2 is 2.21 bits per heavy atom. The number of nitrogens with zero attached hydrogens (tertiary/aromatic N) is 1. The topological polar surface area (TPSA) is 80.0 Å². The molecule has 24 heavy (non-hydrogen) atoms. The van der Waals surface area contributed by atoms with Gasteiger partial charge in [-0.1, -0.05) is 6.07 Å². The minimum absolute atomic E-state index is 0.0490. The highest BCUT2D eigenvalue weighted by Gasteiger charge is 2.45. The Kier molecular flexibility index (Phi) is 4.55. The Labute approximate surface area is 143 Å². The summed E-state index contributed by atoms with van der Waals surface area (Å²) >= 11 is 1.26. The number of hydrogen-bond acceptors (Lipinski definition) is 6. The molecule has 1 atom stereocenters. The number of hydrogen-bond donors (Lipinski definition) is 1. The fraction of sp³-hybridized carbons (Fsp3) is 0.294. The standard InChI is InChI=1S/C17H17NO5S/c1-10-5-6-11(23-10)14-13(15(19)12-4-3-9-24-12)16(20)17(21)18(14)7-8-22-2/h3-6,9,14,20H,7-8H2,1-2H3. The van der Waals surface area contributed by atoms with Crippen molar-refractivity contribution in [2.24, 2.45) is 0 Å². The minimum atomic E-state index is -0.754. The number of rotatable bonds is 6. The maximum absolute atomic E-state index is 12.8. The Morgan fingerprint density at radius 1 is 1.42 bits per heavy atom. The monoisotopic (exact) mass is 347 g/mol. The molecule has 1 aliphatic rings. The van der Waals surface area contributed by atoms with Crippen LogP contribution >= 0.6 is 11.3 Å². The average molecular weight is 347 g/mol. The van der Waals surface area contributed by atoms with Gasteiger partial charge < -0.3 is 19.2 Å². The van der Waals surface area contributed by atoms with E-state index in [0.29, 0.717) is 16.4 Å². The Bertz CT molecular complexity index is 790. The minimum Gasteiger partial charge on any atom is -0.503 e. The number of ether oxygens (including phenoxy) is 1. The summed E-state index contributed by atoms with van der Waals surface area (Å²) in [6.45, 7) is 2.31. The van der Waals surface area contributed by atoms with Crippen LogP contribution in [0, 0.1) is 6.92 Å². The lowest BCUT2D eigenvalue weighted by atomic mass is 10.0. The van der Waals surface area contributed by atoms with E-state index in [1.807, 2.05) is 0 Å². The van der Waals surface area contributed by atoms with E-state index < -0.39 is 17.7 Å². The number of ketones is 1. The van der Waals surface area contributed by atoms with Crippen LogP contribution in [0.15, 0.2) is 45.4 Å². The molecule has 0 aliphatic carbocycles. The zero-order valence-electron chi connectivity index (χ0n) is 13.3. The largest absolute Gasteiger partial charge is 0.503 e. The van der Waals surface area contributed by atoms with Crippen molar-refractivity contribution in [2.45, 2.75) is 13.0 Å². The van der Waals surface area contributed by atoms with Gasteiger partial charge in [0.15, 0.2) is 5.76 Å². The molecule has 0 saturated carbocycles. The number of carbonyl (C=O) groups is 2. The van der Waals surface area contributed by atoms with E-state index in [0.717, 1.165) is 0 Å². The molecule has 0 spiro atoms. The van der Waals surface area contributed by atoms with Crippen LogP contribution in [-0.4, -0.2) is 42.0 Å². The average Bonchev–Trinajstić information content (AvgIpc) is 3.28. The number of aliphatic hydroxyl groups excluding tert-OH is 1. The zero-order valence-corrected chi connectivity index (χ0v) is 14.1. The van der Waals surface area contributed by atoms with Gasteiger partial charge in [-0.2, -0.15) is 0 Å². The van der Waals surface area contributed by atoms with Gasteiger partial charge in [0.05, 0.1) is 17.1 Å². The third kappa shape index (κ3) is 2.76. The molecule has 6 nitrogen and oxygen atoms in total. The van der Waals surface area contributed by atoms with E-state index in [1.165, 1.54) is 23.3 Å². The number of Topliss-reactive ketones (excluding diaryl/α,β-unsaturated/α-hetero) is 1. The quantitative estimate of drug-likeness (QED) is 0.813. The second-order valence-electron chi connectivity index (χ2n) is 5.41. The second kappa shape index (κ2) is 6.62. The number of carbonyl (C=O) groups excluding carboxylic acids is 2. The number of aliphatic hydroxyl groups is 1. The Hall–Kier alpha value is -2.38. The van der Waals surface area contributed by atoms with Crippen LogP contribution in [-0.2, 0) is 9.53 Å². The van der Waals surface area contributed by atoms with Crippen molar-refractivity contribution >= 4 is 23.0 Å². The van der Waals surface area contributed by atoms with Crippen molar-refractivity contribution in [1.29, 1.82) is 0 Å². The van der Waals surface area contributed by atoms with E-state index in [4.69, 9.17) is 9.15 Å². The molecule has 7 heteroatoms. The van der Waals surface area contributed by atoms with Gasteiger partial charge in [0.2, 0.25) is 5.78 Å². The van der Waals surface area contributed by atoms with Crippen molar-refractivity contribution in [1.82, 2.24) is 4.90 Å². The van der Waals surface area contributed by atoms with Crippen molar-refractivity contribution in [3.05, 3.63) is 57.4 Å². The van der Waals surface area contributed by atoms with Crippen molar-refractivity contribution < 1.29 is 23.8 Å². The number of methoxy groups -OCH3 is 1. The van der Waals surface area contributed by atoms with Crippen molar-refractivity contribution in [3.63, 3.8) is 0 Å². The SMILES string of the molecule is COCCN1C(=O)C(O)=C(C(=O)c2cccs2)C1c1ccc(C)o1. The van der Waals surface area contributed by atoms with E-state index in [9.17, 15) is 14.7 Å². The molecule has 0 bridgehead atoms. The molecule has 1 amide bonds. The molecule has 1 N–H and O–H groups in total. The summed E-state index contributed by atoms with van der Waals surface area (Å²) in [5, 5.41) is 12.1. The number of thiophene rings is 1. The third-order valence-electron chi connectivity index (χ3n) is 3.86. The first-order chi connectivity index (χ1) is 11.5. The fourth-order valence-corrected chi connectivity index (χ4v) is 3.42. The van der Waals surface area contributed by atoms with Crippen LogP contribution in [0.4, 0.5) is 0 Å². The highest BCUT2D eigenvalue weighted by molar-refractivity contribution is 7.12. The number of amides is 1. The van der Waals surface area contributed by atoms with Crippen LogP contribution in [0.3, 0.4) is 0 Å². The summed E-state index contributed by atoms with van der Waals surface area (Å²) in [6.07, 6.45) is 0. The number of furan rings is 1. The van der Waals surface area contributed by atoms with Crippen LogP contribution in [0.1, 0.15) is 27.2 Å². The highest BCUT2D eigenvalue weighted by Crippen LogP contribution is 2.39. The Morgan fingerprint density at radius 3 is 2.79 bits per heavy atom. The van der Waals surface area contributed by atoms with Crippen LogP contribution in [0.5, 0.6) is 0 Å². The van der Waals surface area contributed by atoms with Gasteiger partial charge in [0.1, 0.15) is 17.6 Å². The van der Waals surface area contributed by atoms with Crippen LogP contribution in [0.2, 0.25) is 0 Å². The highest BCUT2D eigenvalue weighted by atomic mass is 32.1. The summed E-state index contributed by atoms with van der Waals surface area (Å²) in [7, 11) is 1.53. The van der Waals surface area contributed by atoms with E-state index in [2.05, 4.69) is 0 Å². The lowest BCUT2D eigenvalue weighted by Gasteiger charge is -2.24. The van der Waals surface area contributed by atoms with E-state index >= 15 is 0 Å². The first kappa shape index (κ1) is 16.5. The molecule has 1 unspecified atom stereocenters. The van der Waals surface area contributed by atoms with Gasteiger partial charge >= 0.3 is 0 Å². The van der Waals surface area contributed by atoms with Crippen molar-refractivity contribution in [2.75, 3.05) is 20.3 Å². The lowest BCUT2D eigenvalue weighted by molar-refractivity contribution is -0.130. The normalized spacial score (nSPS) is 17.8. The van der Waals surface area contributed by atoms with Gasteiger partial charge in [-0.25, -0.2) is 0 Å². The molecule has 3 heterocycles. The predicted octanol–water partition coefficient (Wildman–Crippen LogP) is 2.87. The van der Waals surface area contributed by atoms with Gasteiger partial charge in [-0.3, -0.25) is 9.59 Å². The maximum atomic E-state index is 12.8. The van der Waals surface area contributed by atoms with Gasteiger partial charge in [0, 0.05) is 13.7 Å². The molecule has 126 valence electrons. The molecule has 3 rings (SSSR count). The summed E-state index contributed by atoms with van der Waals surface area (Å²) in [4.78, 5) is 27.1. The molecule has 0 saturated heterocycles. The van der Waals surface area contributed by atoms with Crippen LogP contribution < -0.4 is 0 Å².